The van der Waals surface area contributed by atoms with E-state index in [1.165, 1.54) is 12.1 Å². The van der Waals surface area contributed by atoms with Gasteiger partial charge in [0.25, 0.3) is 5.69 Å². The molecule has 3 aromatic rings. The van der Waals surface area contributed by atoms with Crippen molar-refractivity contribution in [2.24, 2.45) is 20.5 Å². The van der Waals surface area contributed by atoms with Gasteiger partial charge in [-0.05, 0) is 43.2 Å². The van der Waals surface area contributed by atoms with Gasteiger partial charge < -0.3 is 29.3 Å². The average molecular weight is 676 g/mol. The lowest BCUT2D eigenvalue weighted by atomic mass is 10.1. The standard InChI is InChI=1S/C31H33N9O7S/c1-21-15-29(39(5-9-45-11-7-41)6-10-46-13-14-47-12-8-42)28(37-35-26-4-3-24(40(43)44)16-23(26)18-32)17-27(21)36-38-31-25(19-33)22(2)30(20-34)48-31/h3-4,15-17,41-42H,5-14H2,1-2H3. The van der Waals surface area contributed by atoms with Crippen molar-refractivity contribution in [1.29, 1.82) is 15.8 Å². The number of nitro groups is 1. The zero-order chi connectivity index (χ0) is 34.9. The highest BCUT2D eigenvalue weighted by molar-refractivity contribution is 7.16. The second-order valence-electron chi connectivity index (χ2n) is 9.83. The lowest BCUT2D eigenvalue weighted by Crippen LogP contribution is -2.31. The molecule has 0 amide bonds. The first-order valence-corrected chi connectivity index (χ1v) is 15.4. The molecule has 0 saturated heterocycles. The molecular weight excluding hydrogens is 642 g/mol. The van der Waals surface area contributed by atoms with E-state index in [1.807, 2.05) is 24.0 Å². The van der Waals surface area contributed by atoms with Gasteiger partial charge in [0.15, 0.2) is 5.00 Å². The zero-order valence-corrected chi connectivity index (χ0v) is 27.1. The van der Waals surface area contributed by atoms with Crippen LogP contribution in [0.4, 0.5) is 33.4 Å². The zero-order valence-electron chi connectivity index (χ0n) is 26.3. The number of aliphatic hydroxyl groups excluding tert-OH is 2. The van der Waals surface area contributed by atoms with Crippen LogP contribution in [0, 0.1) is 58.0 Å². The van der Waals surface area contributed by atoms with Crippen LogP contribution in [0.25, 0.3) is 0 Å². The van der Waals surface area contributed by atoms with Gasteiger partial charge in [0.2, 0.25) is 0 Å². The van der Waals surface area contributed by atoms with Crippen LogP contribution < -0.4 is 4.90 Å². The highest BCUT2D eigenvalue weighted by Crippen LogP contribution is 2.40. The summed E-state index contributed by atoms with van der Waals surface area (Å²) in [5.74, 6) is 0. The summed E-state index contributed by atoms with van der Waals surface area (Å²) >= 11 is 1.05. The van der Waals surface area contributed by atoms with Crippen LogP contribution >= 0.6 is 11.3 Å². The summed E-state index contributed by atoms with van der Waals surface area (Å²) in [4.78, 5) is 12.9. The van der Waals surface area contributed by atoms with Crippen molar-refractivity contribution in [1.82, 2.24) is 0 Å². The van der Waals surface area contributed by atoms with Crippen molar-refractivity contribution in [3.05, 3.63) is 67.6 Å². The fourth-order valence-corrected chi connectivity index (χ4v) is 5.07. The van der Waals surface area contributed by atoms with Gasteiger partial charge in [-0.25, -0.2) is 0 Å². The Morgan fingerprint density at radius 1 is 0.812 bits per heavy atom. The molecule has 0 radical (unpaired) electrons. The number of thiophene rings is 1. The predicted molar refractivity (Wildman–Crippen MR) is 175 cm³/mol. The summed E-state index contributed by atoms with van der Waals surface area (Å²) in [6.07, 6.45) is 0. The van der Waals surface area contributed by atoms with Crippen LogP contribution in [0.1, 0.15) is 27.1 Å². The summed E-state index contributed by atoms with van der Waals surface area (Å²) in [5, 5.41) is 75.5. The highest BCUT2D eigenvalue weighted by atomic mass is 32.1. The van der Waals surface area contributed by atoms with E-state index in [2.05, 4.69) is 32.6 Å². The molecule has 0 bridgehead atoms. The average Bonchev–Trinajstić information content (AvgIpc) is 3.41. The van der Waals surface area contributed by atoms with Gasteiger partial charge in [0, 0.05) is 25.2 Å². The second-order valence-corrected chi connectivity index (χ2v) is 10.8. The molecule has 2 aromatic carbocycles. The Balaban J connectivity index is 2.06. The van der Waals surface area contributed by atoms with Gasteiger partial charge in [-0.2, -0.15) is 15.8 Å². The Kier molecular flexibility index (Phi) is 15.1. The van der Waals surface area contributed by atoms with E-state index >= 15 is 0 Å². The molecule has 17 heteroatoms. The Morgan fingerprint density at radius 2 is 1.44 bits per heavy atom. The van der Waals surface area contributed by atoms with Crippen molar-refractivity contribution in [3.8, 4) is 18.2 Å². The Labute approximate surface area is 280 Å². The van der Waals surface area contributed by atoms with E-state index in [1.54, 1.807) is 13.0 Å². The molecule has 48 heavy (non-hydrogen) atoms. The molecule has 0 aliphatic carbocycles. The Morgan fingerprint density at radius 3 is 2.04 bits per heavy atom. The quantitative estimate of drug-likeness (QED) is 0.0690. The molecule has 0 aliphatic heterocycles. The van der Waals surface area contributed by atoms with Crippen LogP contribution in [-0.4, -0.2) is 81.1 Å². The van der Waals surface area contributed by atoms with E-state index in [0.29, 0.717) is 59.4 Å². The fraction of sp³-hybridized carbons (Fsp3) is 0.387. The van der Waals surface area contributed by atoms with Crippen molar-refractivity contribution in [2.75, 3.05) is 70.8 Å². The molecule has 1 heterocycles. The first-order chi connectivity index (χ1) is 23.3. The molecule has 0 atom stereocenters. The molecule has 0 saturated carbocycles. The third-order valence-electron chi connectivity index (χ3n) is 6.66. The summed E-state index contributed by atoms with van der Waals surface area (Å²) in [7, 11) is 0. The molecule has 250 valence electrons. The number of hydrogen-bond donors (Lipinski definition) is 2. The fourth-order valence-electron chi connectivity index (χ4n) is 4.19. The van der Waals surface area contributed by atoms with Gasteiger partial charge in [-0.15, -0.1) is 31.8 Å². The molecule has 0 unspecified atom stereocenters. The van der Waals surface area contributed by atoms with Crippen molar-refractivity contribution in [3.63, 3.8) is 0 Å². The first-order valence-electron chi connectivity index (χ1n) is 14.6. The number of benzene rings is 2. The van der Waals surface area contributed by atoms with Gasteiger partial charge >= 0.3 is 0 Å². The number of non-ortho nitro benzene ring substituents is 1. The lowest BCUT2D eigenvalue weighted by molar-refractivity contribution is -0.384. The molecule has 0 aliphatic rings. The third kappa shape index (κ3) is 10.4. The SMILES string of the molecule is Cc1cc(N(CCOCCO)CCOCCOCCO)c(N=Nc2ccc([N+](=O)[O-])cc2C#N)cc1N=Nc1sc(C#N)c(C)c1C#N. The van der Waals surface area contributed by atoms with Crippen molar-refractivity contribution in [2.45, 2.75) is 13.8 Å². The molecule has 16 nitrogen and oxygen atoms in total. The molecule has 0 fully saturated rings. The van der Waals surface area contributed by atoms with Gasteiger partial charge in [0.05, 0.1) is 80.3 Å². The number of azo groups is 2. The maximum absolute atomic E-state index is 11.2. The lowest BCUT2D eigenvalue weighted by Gasteiger charge is -2.26. The largest absolute Gasteiger partial charge is 0.394 e. The number of nitrogens with zero attached hydrogens (tertiary/aromatic N) is 9. The molecule has 2 N–H and O–H groups in total. The first kappa shape index (κ1) is 37.3. The van der Waals surface area contributed by atoms with Gasteiger partial charge in [0.1, 0.15) is 34.5 Å². The van der Waals surface area contributed by atoms with Gasteiger partial charge in [-0.3, -0.25) is 10.1 Å². The minimum atomic E-state index is -0.610. The monoisotopic (exact) mass is 675 g/mol. The van der Waals surface area contributed by atoms with E-state index in [9.17, 15) is 25.9 Å². The summed E-state index contributed by atoms with van der Waals surface area (Å²) < 4.78 is 16.5. The number of nitro benzene ring substituents is 1. The number of aryl methyl sites for hydroxylation is 1. The van der Waals surface area contributed by atoms with Gasteiger partial charge in [-0.1, -0.05) is 0 Å². The van der Waals surface area contributed by atoms with Crippen LogP contribution in [0.3, 0.4) is 0 Å². The maximum Gasteiger partial charge on any atom is 0.270 e. The van der Waals surface area contributed by atoms with E-state index in [4.69, 9.17) is 24.4 Å². The van der Waals surface area contributed by atoms with E-state index in [0.717, 1.165) is 17.4 Å². The minimum Gasteiger partial charge on any atom is -0.394 e. The predicted octanol–water partition coefficient (Wildman–Crippen LogP) is 5.56. The van der Waals surface area contributed by atoms with Crippen LogP contribution in [0.5, 0.6) is 0 Å². The van der Waals surface area contributed by atoms with Crippen molar-refractivity contribution >= 4 is 44.8 Å². The van der Waals surface area contributed by atoms with Crippen LogP contribution in [0.2, 0.25) is 0 Å². The number of aliphatic hydroxyl groups is 2. The van der Waals surface area contributed by atoms with E-state index in [-0.39, 0.29) is 67.1 Å². The summed E-state index contributed by atoms with van der Waals surface area (Å²) in [6.45, 7) is 5.51. The topological polar surface area (TPSA) is 235 Å². The Bertz CT molecular complexity index is 1760. The third-order valence-corrected chi connectivity index (χ3v) is 7.74. The smallest absolute Gasteiger partial charge is 0.270 e. The van der Waals surface area contributed by atoms with Crippen LogP contribution in [-0.2, 0) is 14.2 Å². The summed E-state index contributed by atoms with van der Waals surface area (Å²) in [5.41, 5.74) is 2.57. The minimum absolute atomic E-state index is 0.0435. The Hall–Kier alpha value is -5.19. The number of nitriles is 3. The second kappa shape index (κ2) is 19.5. The molecule has 3 rings (SSSR count). The molecule has 1 aromatic heterocycles. The number of ether oxygens (including phenoxy) is 3. The maximum atomic E-state index is 11.2. The van der Waals surface area contributed by atoms with Crippen molar-refractivity contribution < 1.29 is 29.3 Å². The molecular formula is C31H33N9O7S. The normalized spacial score (nSPS) is 11.1. The molecule has 0 spiro atoms. The number of hydrogen-bond acceptors (Lipinski definition) is 16. The van der Waals surface area contributed by atoms with E-state index < -0.39 is 4.92 Å². The van der Waals surface area contributed by atoms with Crippen LogP contribution in [0.15, 0.2) is 50.8 Å². The number of anilines is 1. The number of rotatable bonds is 19. The summed E-state index contributed by atoms with van der Waals surface area (Å²) in [6, 6.07) is 13.1. The highest BCUT2D eigenvalue weighted by Gasteiger charge is 2.18.